The Hall–Kier alpha value is -3.41. The number of benzene rings is 2. The molecule has 27 heavy (non-hydrogen) atoms. The average Bonchev–Trinajstić information content (AvgIpc) is 3.04. The van der Waals surface area contributed by atoms with Crippen molar-refractivity contribution in [1.82, 2.24) is 20.1 Å². The maximum atomic E-state index is 13.0. The zero-order chi connectivity index (χ0) is 19.0. The second-order valence-corrected chi connectivity index (χ2v) is 6.67. The van der Waals surface area contributed by atoms with E-state index in [2.05, 4.69) is 15.5 Å². The molecule has 0 fully saturated rings. The minimum Gasteiger partial charge on any atom is -0.348 e. The molecule has 6 nitrogen and oxygen atoms in total. The van der Waals surface area contributed by atoms with E-state index >= 15 is 0 Å². The Labute approximate surface area is 155 Å². The molecule has 0 spiro atoms. The van der Waals surface area contributed by atoms with Crippen LogP contribution in [0.1, 0.15) is 31.5 Å². The lowest BCUT2D eigenvalue weighted by Crippen LogP contribution is -2.33. The van der Waals surface area contributed by atoms with Crippen LogP contribution in [0.5, 0.6) is 0 Å². The highest BCUT2D eigenvalue weighted by atomic mass is 16.2. The predicted octanol–water partition coefficient (Wildman–Crippen LogP) is 3.32. The van der Waals surface area contributed by atoms with Crippen LogP contribution in [0.15, 0.2) is 65.6 Å². The first-order valence-electron chi connectivity index (χ1n) is 8.89. The number of aromatic nitrogens is 3. The molecule has 0 saturated heterocycles. The monoisotopic (exact) mass is 360 g/mol. The minimum absolute atomic E-state index is 0.130. The third kappa shape index (κ3) is 2.89. The fourth-order valence-corrected chi connectivity index (χ4v) is 3.54. The van der Waals surface area contributed by atoms with Gasteiger partial charge < -0.3 is 9.88 Å². The van der Waals surface area contributed by atoms with E-state index in [4.69, 9.17) is 0 Å². The van der Waals surface area contributed by atoms with Crippen molar-refractivity contribution < 1.29 is 4.79 Å². The molecule has 0 bridgehead atoms. The molecule has 0 aliphatic carbocycles. The summed E-state index contributed by atoms with van der Waals surface area (Å²) in [6.45, 7) is 3.75. The first kappa shape index (κ1) is 17.0. The maximum absolute atomic E-state index is 13.0. The van der Waals surface area contributed by atoms with Gasteiger partial charge in [-0.15, -0.1) is 0 Å². The van der Waals surface area contributed by atoms with Gasteiger partial charge in [0.25, 0.3) is 5.56 Å². The van der Waals surface area contributed by atoms with E-state index in [9.17, 15) is 9.59 Å². The molecular weight excluding hydrogens is 340 g/mol. The van der Waals surface area contributed by atoms with E-state index in [0.29, 0.717) is 5.52 Å². The van der Waals surface area contributed by atoms with Gasteiger partial charge in [-0.3, -0.25) is 9.59 Å². The summed E-state index contributed by atoms with van der Waals surface area (Å²) < 4.78 is 1.79. The summed E-state index contributed by atoms with van der Waals surface area (Å²) in [5.41, 5.74) is 2.02. The molecule has 4 aromatic rings. The fraction of sp³-hybridized carbons (Fsp3) is 0.190. The third-order valence-corrected chi connectivity index (χ3v) is 4.95. The molecule has 2 atom stereocenters. The summed E-state index contributed by atoms with van der Waals surface area (Å²) in [6.07, 6.45) is 1.63. The summed E-state index contributed by atoms with van der Waals surface area (Å²) in [4.78, 5) is 25.4. The van der Waals surface area contributed by atoms with Gasteiger partial charge >= 0.3 is 0 Å². The number of carbonyl (C=O) groups is 1. The largest absolute Gasteiger partial charge is 0.348 e. The summed E-state index contributed by atoms with van der Waals surface area (Å²) in [6, 6.07) is 16.8. The molecule has 136 valence electrons. The topological polar surface area (TPSA) is 79.8 Å². The van der Waals surface area contributed by atoms with E-state index in [-0.39, 0.29) is 17.5 Å². The molecule has 2 N–H and O–H groups in total. The van der Waals surface area contributed by atoms with Crippen LogP contribution in [0, 0.1) is 0 Å². The van der Waals surface area contributed by atoms with Crippen LogP contribution < -0.4 is 10.9 Å². The SMILES string of the molecule is C[C@@H](NC(=O)[C@H](C)n1c2ccccc2c2cn[nH]c(=O)c21)c1ccccc1. The van der Waals surface area contributed by atoms with Crippen LogP contribution in [-0.2, 0) is 4.79 Å². The van der Waals surface area contributed by atoms with Crippen LogP contribution >= 0.6 is 0 Å². The summed E-state index contributed by atoms with van der Waals surface area (Å²) in [5, 5.41) is 11.1. The Morgan fingerprint density at radius 2 is 1.74 bits per heavy atom. The minimum atomic E-state index is -0.554. The molecule has 2 aromatic carbocycles. The molecule has 1 amide bonds. The van der Waals surface area contributed by atoms with Crippen LogP contribution in [0.3, 0.4) is 0 Å². The lowest BCUT2D eigenvalue weighted by atomic mass is 10.1. The van der Waals surface area contributed by atoms with Gasteiger partial charge in [-0.05, 0) is 25.5 Å². The van der Waals surface area contributed by atoms with Gasteiger partial charge in [0, 0.05) is 10.8 Å². The van der Waals surface area contributed by atoms with Gasteiger partial charge in [-0.25, -0.2) is 5.10 Å². The van der Waals surface area contributed by atoms with Crippen LogP contribution in [0.2, 0.25) is 0 Å². The highest BCUT2D eigenvalue weighted by Gasteiger charge is 2.23. The Morgan fingerprint density at radius 1 is 1.04 bits per heavy atom. The lowest BCUT2D eigenvalue weighted by Gasteiger charge is -2.20. The second-order valence-electron chi connectivity index (χ2n) is 6.67. The number of hydrogen-bond donors (Lipinski definition) is 2. The highest BCUT2D eigenvalue weighted by Crippen LogP contribution is 2.29. The van der Waals surface area contributed by atoms with Crippen molar-refractivity contribution in [3.05, 3.63) is 76.7 Å². The molecule has 2 aromatic heterocycles. The van der Waals surface area contributed by atoms with Gasteiger partial charge in [0.2, 0.25) is 5.91 Å². The Balaban J connectivity index is 1.77. The van der Waals surface area contributed by atoms with Gasteiger partial charge in [0.05, 0.1) is 17.8 Å². The van der Waals surface area contributed by atoms with E-state index in [1.807, 2.05) is 61.5 Å². The van der Waals surface area contributed by atoms with Crippen molar-refractivity contribution >= 4 is 27.7 Å². The quantitative estimate of drug-likeness (QED) is 0.586. The number of aromatic amines is 1. The number of fused-ring (bicyclic) bond motifs is 3. The number of carbonyl (C=O) groups excluding carboxylic acids is 1. The standard InChI is InChI=1S/C21H20N4O2/c1-13(15-8-4-3-5-9-15)23-20(26)14(2)25-18-11-7-6-10-16(18)17-12-22-24-21(27)19(17)25/h3-14H,1-2H3,(H,23,26)(H,24,27)/t13-,14+/m1/s1. The molecule has 0 unspecified atom stereocenters. The van der Waals surface area contributed by atoms with Crippen LogP contribution in [0.4, 0.5) is 0 Å². The lowest BCUT2D eigenvalue weighted by molar-refractivity contribution is -0.124. The number of nitrogens with one attached hydrogen (secondary N) is 2. The van der Waals surface area contributed by atoms with Crippen molar-refractivity contribution in [2.24, 2.45) is 0 Å². The molecule has 0 aliphatic heterocycles. The van der Waals surface area contributed by atoms with E-state index in [0.717, 1.165) is 21.9 Å². The van der Waals surface area contributed by atoms with Crippen molar-refractivity contribution in [3.8, 4) is 0 Å². The third-order valence-electron chi connectivity index (χ3n) is 4.95. The second kappa shape index (κ2) is 6.72. The molecule has 0 radical (unpaired) electrons. The molecule has 0 aliphatic rings. The van der Waals surface area contributed by atoms with Gasteiger partial charge in [0.15, 0.2) is 0 Å². The highest BCUT2D eigenvalue weighted by molar-refractivity contribution is 6.08. The first-order chi connectivity index (χ1) is 13.1. The molecule has 0 saturated carbocycles. The molecule has 6 heteroatoms. The number of hydrogen-bond acceptors (Lipinski definition) is 3. The Morgan fingerprint density at radius 3 is 2.52 bits per heavy atom. The molecule has 2 heterocycles. The number of rotatable bonds is 4. The maximum Gasteiger partial charge on any atom is 0.288 e. The normalized spacial score (nSPS) is 13.6. The van der Waals surface area contributed by atoms with Gasteiger partial charge in [-0.2, -0.15) is 5.10 Å². The summed E-state index contributed by atoms with van der Waals surface area (Å²) in [7, 11) is 0. The number of H-pyrrole nitrogens is 1. The van der Waals surface area contributed by atoms with Gasteiger partial charge in [-0.1, -0.05) is 48.5 Å². The summed E-state index contributed by atoms with van der Waals surface area (Å²) in [5.74, 6) is -0.148. The fourth-order valence-electron chi connectivity index (χ4n) is 3.54. The number of para-hydroxylation sites is 1. The smallest absolute Gasteiger partial charge is 0.288 e. The zero-order valence-electron chi connectivity index (χ0n) is 15.1. The Bertz CT molecular complexity index is 1180. The van der Waals surface area contributed by atoms with Crippen LogP contribution in [-0.4, -0.2) is 20.7 Å². The summed E-state index contributed by atoms with van der Waals surface area (Å²) >= 11 is 0. The molecule has 4 rings (SSSR count). The zero-order valence-corrected chi connectivity index (χ0v) is 15.1. The van der Waals surface area contributed by atoms with E-state index in [1.165, 1.54) is 0 Å². The van der Waals surface area contributed by atoms with Crippen molar-refractivity contribution in [3.63, 3.8) is 0 Å². The number of amides is 1. The predicted molar refractivity (Wildman–Crippen MR) is 106 cm³/mol. The average molecular weight is 360 g/mol. The molecular formula is C21H20N4O2. The van der Waals surface area contributed by atoms with Crippen molar-refractivity contribution in [2.45, 2.75) is 25.9 Å². The van der Waals surface area contributed by atoms with E-state index < -0.39 is 6.04 Å². The van der Waals surface area contributed by atoms with Gasteiger partial charge in [0.1, 0.15) is 11.6 Å². The van der Waals surface area contributed by atoms with Crippen LogP contribution in [0.25, 0.3) is 21.8 Å². The first-order valence-corrected chi connectivity index (χ1v) is 8.89. The Kier molecular flexibility index (Phi) is 4.24. The van der Waals surface area contributed by atoms with Crippen molar-refractivity contribution in [1.29, 1.82) is 0 Å². The van der Waals surface area contributed by atoms with Crippen molar-refractivity contribution in [2.75, 3.05) is 0 Å². The van der Waals surface area contributed by atoms with E-state index in [1.54, 1.807) is 17.7 Å². The number of nitrogens with zero attached hydrogens (tertiary/aromatic N) is 2.